The largest absolute Gasteiger partial charge is 0.496 e. The number of methoxy groups -OCH3 is 1. The molecule has 0 saturated heterocycles. The second-order valence-electron chi connectivity index (χ2n) is 4.59. The minimum Gasteiger partial charge on any atom is -0.496 e. The van der Waals surface area contributed by atoms with Gasteiger partial charge in [-0.25, -0.2) is 0 Å². The molecule has 1 unspecified atom stereocenters. The number of carbonyl (C=O) groups excluding carboxylic acids is 1. The molecular formula is C14H16N2O5. The Labute approximate surface area is 122 Å². The molecule has 0 aliphatic rings. The van der Waals surface area contributed by atoms with Crippen molar-refractivity contribution in [3.63, 3.8) is 0 Å². The molecular weight excluding hydrogens is 276 g/mol. The van der Waals surface area contributed by atoms with E-state index < -0.39 is 16.3 Å². The highest BCUT2D eigenvalue weighted by atomic mass is 16.6. The van der Waals surface area contributed by atoms with Crippen molar-refractivity contribution < 1.29 is 19.2 Å². The molecule has 112 valence electrons. The van der Waals surface area contributed by atoms with Crippen LogP contribution in [0.3, 0.4) is 0 Å². The van der Waals surface area contributed by atoms with Gasteiger partial charge in [0.05, 0.1) is 24.7 Å². The molecule has 1 aromatic carbocycles. The van der Waals surface area contributed by atoms with E-state index in [-0.39, 0.29) is 18.7 Å². The molecule has 0 radical (unpaired) electrons. The Kier molecular flexibility index (Phi) is 5.24. The lowest BCUT2D eigenvalue weighted by atomic mass is 9.84. The highest BCUT2D eigenvalue weighted by Crippen LogP contribution is 2.31. The lowest BCUT2D eigenvalue weighted by Gasteiger charge is -2.20. The fraction of sp³-hybridized carbons (Fsp3) is 0.429. The summed E-state index contributed by atoms with van der Waals surface area (Å²) in [4.78, 5) is 22.2. The van der Waals surface area contributed by atoms with Crippen molar-refractivity contribution in [3.8, 4) is 11.8 Å². The van der Waals surface area contributed by atoms with Crippen LogP contribution in [0.5, 0.6) is 5.75 Å². The molecule has 1 atom stereocenters. The minimum atomic E-state index is -1.43. The SMILES string of the molecule is CCOC(=O)C(C)(C#N)Cc1cc([N+](=O)[O-])ccc1OC. The van der Waals surface area contributed by atoms with E-state index in [1.165, 1.54) is 32.2 Å². The second kappa shape index (κ2) is 6.70. The molecule has 1 rings (SSSR count). The van der Waals surface area contributed by atoms with E-state index in [1.54, 1.807) is 6.92 Å². The van der Waals surface area contributed by atoms with Crippen molar-refractivity contribution in [2.45, 2.75) is 20.3 Å². The summed E-state index contributed by atoms with van der Waals surface area (Å²) in [6.45, 7) is 3.23. The Bertz CT molecular complexity index is 594. The van der Waals surface area contributed by atoms with E-state index in [9.17, 15) is 20.2 Å². The summed E-state index contributed by atoms with van der Waals surface area (Å²) in [6, 6.07) is 5.95. The predicted octanol–water partition coefficient (Wildman–Crippen LogP) is 2.24. The molecule has 0 saturated carbocycles. The quantitative estimate of drug-likeness (QED) is 0.452. The number of nitriles is 1. The molecule has 0 aromatic heterocycles. The van der Waals surface area contributed by atoms with Gasteiger partial charge in [0.2, 0.25) is 0 Å². The van der Waals surface area contributed by atoms with Crippen molar-refractivity contribution >= 4 is 11.7 Å². The Morgan fingerprint density at radius 3 is 2.67 bits per heavy atom. The molecule has 7 nitrogen and oxygen atoms in total. The van der Waals surface area contributed by atoms with E-state index in [4.69, 9.17) is 9.47 Å². The smallest absolute Gasteiger partial charge is 0.326 e. The first kappa shape index (κ1) is 16.4. The zero-order valence-electron chi connectivity index (χ0n) is 12.1. The maximum Gasteiger partial charge on any atom is 0.326 e. The summed E-state index contributed by atoms with van der Waals surface area (Å²) in [6.07, 6.45) is -0.0345. The molecule has 0 amide bonds. The van der Waals surface area contributed by atoms with E-state index in [2.05, 4.69) is 0 Å². The average Bonchev–Trinajstić information content (AvgIpc) is 2.47. The van der Waals surface area contributed by atoms with Gasteiger partial charge >= 0.3 is 5.97 Å². The van der Waals surface area contributed by atoms with Gasteiger partial charge in [0.25, 0.3) is 5.69 Å². The molecule has 0 aliphatic carbocycles. The Hall–Kier alpha value is -2.62. The Balaban J connectivity index is 3.20. The van der Waals surface area contributed by atoms with Gasteiger partial charge in [-0.15, -0.1) is 0 Å². The fourth-order valence-corrected chi connectivity index (χ4v) is 1.85. The molecule has 0 spiro atoms. The van der Waals surface area contributed by atoms with Crippen LogP contribution in [0.15, 0.2) is 18.2 Å². The zero-order valence-corrected chi connectivity index (χ0v) is 12.1. The van der Waals surface area contributed by atoms with Gasteiger partial charge in [-0.1, -0.05) is 0 Å². The number of nitrogens with zero attached hydrogens (tertiary/aromatic N) is 2. The van der Waals surface area contributed by atoms with Crippen LogP contribution in [-0.2, 0) is 16.0 Å². The van der Waals surface area contributed by atoms with Crippen LogP contribution in [0.4, 0.5) is 5.69 Å². The fourth-order valence-electron chi connectivity index (χ4n) is 1.85. The topological polar surface area (TPSA) is 102 Å². The number of rotatable bonds is 6. The predicted molar refractivity (Wildman–Crippen MR) is 73.7 cm³/mol. The number of non-ortho nitro benzene ring substituents is 1. The van der Waals surface area contributed by atoms with Gasteiger partial charge in [-0.3, -0.25) is 14.9 Å². The van der Waals surface area contributed by atoms with Gasteiger partial charge in [0, 0.05) is 24.1 Å². The van der Waals surface area contributed by atoms with E-state index in [1.807, 2.05) is 6.07 Å². The molecule has 0 heterocycles. The molecule has 7 heteroatoms. The molecule has 0 bridgehead atoms. The minimum absolute atomic E-state index is 0.0345. The van der Waals surface area contributed by atoms with Crippen LogP contribution in [0.2, 0.25) is 0 Å². The lowest BCUT2D eigenvalue weighted by molar-refractivity contribution is -0.384. The third-order valence-corrected chi connectivity index (χ3v) is 2.99. The maximum absolute atomic E-state index is 11.9. The Morgan fingerprint density at radius 2 is 2.19 bits per heavy atom. The Morgan fingerprint density at radius 1 is 1.52 bits per heavy atom. The van der Waals surface area contributed by atoms with Crippen molar-refractivity contribution in [2.75, 3.05) is 13.7 Å². The van der Waals surface area contributed by atoms with Gasteiger partial charge < -0.3 is 9.47 Å². The molecule has 0 aliphatic heterocycles. The van der Waals surface area contributed by atoms with Gasteiger partial charge in [0.15, 0.2) is 5.41 Å². The van der Waals surface area contributed by atoms with E-state index in [0.717, 1.165) is 0 Å². The maximum atomic E-state index is 11.9. The number of carbonyl (C=O) groups is 1. The number of hydrogen-bond acceptors (Lipinski definition) is 6. The van der Waals surface area contributed by atoms with Crippen LogP contribution < -0.4 is 4.74 Å². The van der Waals surface area contributed by atoms with Crippen molar-refractivity contribution in [1.82, 2.24) is 0 Å². The van der Waals surface area contributed by atoms with E-state index in [0.29, 0.717) is 11.3 Å². The standard InChI is InChI=1S/C14H16N2O5/c1-4-21-13(17)14(2,9-15)8-10-7-11(16(18)19)5-6-12(10)20-3/h5-7H,4,8H2,1-3H3. The summed E-state index contributed by atoms with van der Waals surface area (Å²) in [5.41, 5.74) is -1.16. The molecule has 1 aromatic rings. The second-order valence-corrected chi connectivity index (χ2v) is 4.59. The van der Waals surface area contributed by atoms with Crippen LogP contribution in [0.1, 0.15) is 19.4 Å². The van der Waals surface area contributed by atoms with Crippen molar-refractivity contribution in [1.29, 1.82) is 5.26 Å². The normalized spacial score (nSPS) is 12.9. The first-order valence-electron chi connectivity index (χ1n) is 6.27. The van der Waals surface area contributed by atoms with Crippen molar-refractivity contribution in [3.05, 3.63) is 33.9 Å². The van der Waals surface area contributed by atoms with Crippen molar-refractivity contribution in [2.24, 2.45) is 5.41 Å². The van der Waals surface area contributed by atoms with E-state index >= 15 is 0 Å². The number of nitro groups is 1. The first-order chi connectivity index (χ1) is 9.87. The van der Waals surface area contributed by atoms with Crippen LogP contribution >= 0.6 is 0 Å². The average molecular weight is 292 g/mol. The van der Waals surface area contributed by atoms with Gasteiger partial charge in [0.1, 0.15) is 5.75 Å². The van der Waals surface area contributed by atoms with Gasteiger partial charge in [-0.2, -0.15) is 5.26 Å². The summed E-state index contributed by atoms with van der Waals surface area (Å²) < 4.78 is 10.0. The summed E-state index contributed by atoms with van der Waals surface area (Å²) >= 11 is 0. The third kappa shape index (κ3) is 3.69. The third-order valence-electron chi connectivity index (χ3n) is 2.99. The van der Waals surface area contributed by atoms with Crippen LogP contribution in [0.25, 0.3) is 0 Å². The number of nitro benzene ring substituents is 1. The lowest BCUT2D eigenvalue weighted by Crippen LogP contribution is -2.30. The summed E-state index contributed by atoms with van der Waals surface area (Å²) in [5.74, 6) is -0.285. The number of ether oxygens (including phenoxy) is 2. The first-order valence-corrected chi connectivity index (χ1v) is 6.27. The highest BCUT2D eigenvalue weighted by molar-refractivity contribution is 5.80. The monoisotopic (exact) mass is 292 g/mol. The molecule has 0 fully saturated rings. The number of hydrogen-bond donors (Lipinski definition) is 0. The highest BCUT2D eigenvalue weighted by Gasteiger charge is 2.36. The van der Waals surface area contributed by atoms with Crippen LogP contribution in [0, 0.1) is 26.9 Å². The molecule has 0 N–H and O–H groups in total. The molecule has 21 heavy (non-hydrogen) atoms. The number of benzene rings is 1. The van der Waals surface area contributed by atoms with Crippen LogP contribution in [-0.4, -0.2) is 24.6 Å². The number of esters is 1. The summed E-state index contributed by atoms with van der Waals surface area (Å²) in [7, 11) is 1.42. The zero-order chi connectivity index (χ0) is 16.0. The van der Waals surface area contributed by atoms with Gasteiger partial charge in [-0.05, 0) is 19.9 Å². The summed E-state index contributed by atoms with van der Waals surface area (Å²) in [5, 5.41) is 20.1.